The molecule has 8 heteroatoms. The number of halogens is 3. The number of hydrogen-bond acceptors (Lipinski definition) is 4. The molecular weight excluding hydrogens is 418 g/mol. The van der Waals surface area contributed by atoms with E-state index in [-0.39, 0.29) is 0 Å². The van der Waals surface area contributed by atoms with Gasteiger partial charge >= 0.3 is 0 Å². The van der Waals surface area contributed by atoms with Crippen LogP contribution < -0.4 is 5.32 Å². The highest BCUT2D eigenvalue weighted by Gasteiger charge is 2.08. The number of rotatable bonds is 3. The lowest BCUT2D eigenvalue weighted by Crippen LogP contribution is -2.03. The minimum absolute atomic E-state index is 0.521. The van der Waals surface area contributed by atoms with Crippen LogP contribution in [0.1, 0.15) is 5.82 Å². The molecule has 0 aliphatic carbocycles. The van der Waals surface area contributed by atoms with Gasteiger partial charge in [0.15, 0.2) is 5.82 Å². The largest absolute Gasteiger partial charge is 0.376 e. The quantitative estimate of drug-likeness (QED) is 0.821. The molecule has 1 N–H and O–H groups in total. The second kappa shape index (κ2) is 5.45. The fourth-order valence-corrected chi connectivity index (χ4v) is 3.81. The van der Waals surface area contributed by atoms with Crippen molar-refractivity contribution in [2.75, 3.05) is 5.32 Å². The number of aromatic nitrogens is 4. The van der Waals surface area contributed by atoms with Crippen molar-refractivity contribution in [2.45, 2.75) is 6.54 Å². The number of nitrogens with one attached hydrogen (secondary N) is 1. The fraction of sp³-hybridized carbons (Fsp3) is 0.222. The first-order valence-corrected chi connectivity index (χ1v) is 7.05. The van der Waals surface area contributed by atoms with Crippen molar-refractivity contribution < 1.29 is 0 Å². The second-order valence-corrected chi connectivity index (χ2v) is 5.92. The molecule has 0 saturated heterocycles. The average molecular weight is 426 g/mol. The van der Waals surface area contributed by atoms with E-state index in [1.54, 1.807) is 7.05 Å². The maximum atomic E-state index is 4.09. The van der Waals surface area contributed by atoms with E-state index in [0.717, 1.165) is 19.1 Å². The summed E-state index contributed by atoms with van der Waals surface area (Å²) < 4.78 is 2.92. The summed E-state index contributed by atoms with van der Waals surface area (Å²) in [7, 11) is 1.74. The lowest BCUT2D eigenvalue weighted by molar-refractivity contribution is 0.628. The average Bonchev–Trinajstić information content (AvgIpc) is 2.62. The van der Waals surface area contributed by atoms with E-state index in [2.05, 4.69) is 68.5 Å². The summed E-state index contributed by atoms with van der Waals surface area (Å²) in [4.78, 5) is 1.43. The highest BCUT2D eigenvalue weighted by molar-refractivity contribution is 9.11. The molecule has 0 aliphatic rings. The number of hydrogen-bond donors (Lipinski definition) is 1. The van der Waals surface area contributed by atoms with Gasteiger partial charge in [0.25, 0.3) is 0 Å². The standard InChI is InChI=1S/C9H8Br3N5/c1-17-15-8(14-16-17)4-13-9-6(11)2-5(10)3-7(9)12/h2-3,13H,4H2,1H3. The van der Waals surface area contributed by atoms with Crippen LogP contribution in [0.15, 0.2) is 25.6 Å². The van der Waals surface area contributed by atoms with Gasteiger partial charge in [-0.1, -0.05) is 15.9 Å². The molecule has 0 atom stereocenters. The second-order valence-electron chi connectivity index (χ2n) is 3.29. The summed E-state index contributed by atoms with van der Waals surface area (Å²) in [5, 5.41) is 15.0. The van der Waals surface area contributed by atoms with Gasteiger partial charge < -0.3 is 5.32 Å². The van der Waals surface area contributed by atoms with E-state index < -0.39 is 0 Å². The first kappa shape index (κ1) is 13.0. The molecular formula is C9H8Br3N5. The molecule has 0 bridgehead atoms. The third kappa shape index (κ3) is 3.26. The Balaban J connectivity index is 2.14. The summed E-state index contributed by atoms with van der Waals surface area (Å²) in [6, 6.07) is 3.94. The minimum Gasteiger partial charge on any atom is -0.376 e. The fourth-order valence-electron chi connectivity index (χ4n) is 1.27. The molecule has 1 aromatic heterocycles. The van der Waals surface area contributed by atoms with Gasteiger partial charge in [0.2, 0.25) is 0 Å². The van der Waals surface area contributed by atoms with Crippen molar-refractivity contribution in [1.82, 2.24) is 20.2 Å². The lowest BCUT2D eigenvalue weighted by Gasteiger charge is -2.09. The molecule has 0 aliphatic heterocycles. The van der Waals surface area contributed by atoms with Crippen LogP contribution in [0.4, 0.5) is 5.69 Å². The Morgan fingerprint density at radius 2 is 1.88 bits per heavy atom. The first-order valence-electron chi connectivity index (χ1n) is 4.67. The third-order valence-electron chi connectivity index (χ3n) is 1.98. The van der Waals surface area contributed by atoms with Crippen molar-refractivity contribution in [2.24, 2.45) is 7.05 Å². The highest BCUT2D eigenvalue weighted by atomic mass is 79.9. The first-order chi connectivity index (χ1) is 8.06. The molecule has 0 amide bonds. The zero-order chi connectivity index (χ0) is 12.4. The van der Waals surface area contributed by atoms with E-state index in [4.69, 9.17) is 0 Å². The Labute approximate surface area is 123 Å². The van der Waals surface area contributed by atoms with Crippen molar-refractivity contribution in [3.63, 3.8) is 0 Å². The molecule has 0 radical (unpaired) electrons. The van der Waals surface area contributed by atoms with Gasteiger partial charge in [-0.05, 0) is 49.2 Å². The predicted molar refractivity (Wildman–Crippen MR) is 75.7 cm³/mol. The Morgan fingerprint density at radius 1 is 1.24 bits per heavy atom. The van der Waals surface area contributed by atoms with Crippen LogP contribution in [-0.2, 0) is 13.6 Å². The summed E-state index contributed by atoms with van der Waals surface area (Å²) in [5.74, 6) is 0.647. The Morgan fingerprint density at radius 3 is 2.41 bits per heavy atom. The highest BCUT2D eigenvalue weighted by Crippen LogP contribution is 2.34. The molecule has 0 saturated carbocycles. The molecule has 90 valence electrons. The van der Waals surface area contributed by atoms with Crippen LogP contribution >= 0.6 is 47.8 Å². The SMILES string of the molecule is Cn1nnc(CNc2c(Br)cc(Br)cc2Br)n1. The lowest BCUT2D eigenvalue weighted by atomic mass is 10.3. The summed E-state index contributed by atoms with van der Waals surface area (Å²) in [6.45, 7) is 0.521. The van der Waals surface area contributed by atoms with E-state index in [9.17, 15) is 0 Å². The zero-order valence-corrected chi connectivity index (χ0v) is 13.5. The molecule has 0 spiro atoms. The molecule has 0 fully saturated rings. The number of nitrogens with zero attached hydrogens (tertiary/aromatic N) is 4. The van der Waals surface area contributed by atoms with Crippen molar-refractivity contribution in [3.8, 4) is 0 Å². The monoisotopic (exact) mass is 423 g/mol. The van der Waals surface area contributed by atoms with Crippen LogP contribution in [0.2, 0.25) is 0 Å². The number of benzene rings is 1. The Bertz CT molecular complexity index is 516. The Kier molecular flexibility index (Phi) is 4.16. The van der Waals surface area contributed by atoms with Crippen molar-refractivity contribution >= 4 is 53.5 Å². The Hall–Kier alpha value is -0.470. The normalized spacial score (nSPS) is 10.6. The zero-order valence-electron chi connectivity index (χ0n) is 8.78. The summed E-state index contributed by atoms with van der Waals surface area (Å²) in [5.41, 5.74) is 0.959. The molecule has 1 heterocycles. The molecule has 2 rings (SSSR count). The molecule has 5 nitrogen and oxygen atoms in total. The number of tetrazole rings is 1. The number of anilines is 1. The summed E-state index contributed by atoms with van der Waals surface area (Å²) >= 11 is 10.4. The smallest absolute Gasteiger partial charge is 0.193 e. The van der Waals surface area contributed by atoms with Crippen LogP contribution in [-0.4, -0.2) is 20.2 Å². The van der Waals surface area contributed by atoms with Crippen molar-refractivity contribution in [1.29, 1.82) is 0 Å². The van der Waals surface area contributed by atoms with Gasteiger partial charge in [0, 0.05) is 13.4 Å². The maximum absolute atomic E-state index is 4.09. The predicted octanol–water partition coefficient (Wildman–Crippen LogP) is 3.11. The third-order valence-corrected chi connectivity index (χ3v) is 3.69. The van der Waals surface area contributed by atoms with Crippen molar-refractivity contribution in [3.05, 3.63) is 31.4 Å². The topological polar surface area (TPSA) is 55.6 Å². The van der Waals surface area contributed by atoms with Crippen LogP contribution in [0.5, 0.6) is 0 Å². The molecule has 0 unspecified atom stereocenters. The number of aryl methyl sites for hydroxylation is 1. The van der Waals surface area contributed by atoms with Crippen LogP contribution in [0, 0.1) is 0 Å². The van der Waals surface area contributed by atoms with Crippen LogP contribution in [0.3, 0.4) is 0 Å². The molecule has 2 aromatic rings. The molecule has 17 heavy (non-hydrogen) atoms. The van der Waals surface area contributed by atoms with Gasteiger partial charge in [0.05, 0.1) is 19.3 Å². The van der Waals surface area contributed by atoms with E-state index >= 15 is 0 Å². The van der Waals surface area contributed by atoms with Gasteiger partial charge in [-0.15, -0.1) is 10.2 Å². The van der Waals surface area contributed by atoms with Gasteiger partial charge in [-0.2, -0.15) is 4.80 Å². The summed E-state index contributed by atoms with van der Waals surface area (Å²) in [6.07, 6.45) is 0. The van der Waals surface area contributed by atoms with E-state index in [1.807, 2.05) is 12.1 Å². The van der Waals surface area contributed by atoms with Gasteiger partial charge in [-0.25, -0.2) is 0 Å². The molecule has 1 aromatic carbocycles. The van der Waals surface area contributed by atoms with E-state index in [1.165, 1.54) is 4.80 Å². The van der Waals surface area contributed by atoms with Crippen LogP contribution in [0.25, 0.3) is 0 Å². The minimum atomic E-state index is 0.521. The van der Waals surface area contributed by atoms with Gasteiger partial charge in [-0.3, -0.25) is 0 Å². The van der Waals surface area contributed by atoms with Gasteiger partial charge in [0.1, 0.15) is 0 Å². The van der Waals surface area contributed by atoms with E-state index in [0.29, 0.717) is 12.4 Å². The maximum Gasteiger partial charge on any atom is 0.193 e.